The van der Waals surface area contributed by atoms with Crippen LogP contribution in [0.15, 0.2) is 50.7 Å². The molecular weight excluding hydrogens is 386 g/mol. The summed E-state index contributed by atoms with van der Waals surface area (Å²) >= 11 is 4.64. The Balaban J connectivity index is 1.75. The number of rotatable bonds is 4. The molecule has 0 saturated carbocycles. The summed E-state index contributed by atoms with van der Waals surface area (Å²) in [6.07, 6.45) is 0. The van der Waals surface area contributed by atoms with Gasteiger partial charge in [0, 0.05) is 15.4 Å². The van der Waals surface area contributed by atoms with E-state index < -0.39 is 16.7 Å². The Morgan fingerprint density at radius 3 is 2.87 bits per heavy atom. The van der Waals surface area contributed by atoms with Crippen molar-refractivity contribution in [3.8, 4) is 11.3 Å². The van der Waals surface area contributed by atoms with Crippen molar-refractivity contribution in [3.05, 3.63) is 62.1 Å². The molecule has 3 aromatic rings. The number of aromatic nitrogens is 1. The number of halogens is 1. The first-order chi connectivity index (χ1) is 11.0. The lowest BCUT2D eigenvalue weighted by atomic mass is 10.2. The second-order valence-electron chi connectivity index (χ2n) is 4.40. The summed E-state index contributed by atoms with van der Waals surface area (Å²) in [6.45, 7) is 0. The molecular formula is C14H8BrN3O4S. The highest BCUT2D eigenvalue weighted by Gasteiger charge is 2.18. The number of amides is 1. The van der Waals surface area contributed by atoms with E-state index in [9.17, 15) is 14.9 Å². The van der Waals surface area contributed by atoms with Crippen LogP contribution in [0.25, 0.3) is 11.3 Å². The fourth-order valence-corrected chi connectivity index (χ4v) is 2.93. The first-order valence-electron chi connectivity index (χ1n) is 6.30. The van der Waals surface area contributed by atoms with Crippen LogP contribution in [0.4, 0.5) is 11.0 Å². The number of hydrogen-bond acceptors (Lipinski definition) is 6. The molecule has 1 amide bonds. The zero-order valence-corrected chi connectivity index (χ0v) is 13.8. The third-order valence-corrected chi connectivity index (χ3v) is 4.09. The number of anilines is 1. The van der Waals surface area contributed by atoms with Crippen LogP contribution in [-0.4, -0.2) is 15.8 Å². The molecule has 0 bridgehead atoms. The van der Waals surface area contributed by atoms with Crippen molar-refractivity contribution < 1.29 is 14.1 Å². The molecule has 0 saturated heterocycles. The van der Waals surface area contributed by atoms with Crippen molar-refractivity contribution in [2.45, 2.75) is 0 Å². The van der Waals surface area contributed by atoms with Gasteiger partial charge in [-0.1, -0.05) is 28.1 Å². The van der Waals surface area contributed by atoms with Gasteiger partial charge in [0.05, 0.1) is 11.8 Å². The number of nitrogens with zero attached hydrogens (tertiary/aromatic N) is 2. The van der Waals surface area contributed by atoms with Crippen molar-refractivity contribution in [2.75, 3.05) is 5.32 Å². The second kappa shape index (κ2) is 6.31. The number of nitro groups is 1. The zero-order valence-electron chi connectivity index (χ0n) is 11.4. The number of carbonyl (C=O) groups is 1. The first-order valence-corrected chi connectivity index (χ1v) is 7.97. The highest BCUT2D eigenvalue weighted by molar-refractivity contribution is 9.10. The molecule has 0 aliphatic carbocycles. The number of thiazole rings is 1. The highest BCUT2D eigenvalue weighted by atomic mass is 79.9. The standard InChI is InChI=1S/C14H8BrN3O4S/c15-9-3-1-2-8(6-9)10-7-23-14(16-10)17-13(19)11-4-5-12(22-11)18(20)21/h1-7H,(H,16,17,19). The van der Waals surface area contributed by atoms with Crippen LogP contribution in [0.1, 0.15) is 10.6 Å². The van der Waals surface area contributed by atoms with E-state index in [4.69, 9.17) is 4.42 Å². The monoisotopic (exact) mass is 393 g/mol. The van der Waals surface area contributed by atoms with Crippen molar-refractivity contribution in [1.82, 2.24) is 4.98 Å². The number of carbonyl (C=O) groups excluding carboxylic acids is 1. The van der Waals surface area contributed by atoms with E-state index in [2.05, 4.69) is 26.2 Å². The lowest BCUT2D eigenvalue weighted by Gasteiger charge is -1.98. The summed E-state index contributed by atoms with van der Waals surface area (Å²) in [7, 11) is 0. The van der Waals surface area contributed by atoms with Gasteiger partial charge in [0.25, 0.3) is 5.91 Å². The quantitative estimate of drug-likeness (QED) is 0.525. The number of benzene rings is 1. The summed E-state index contributed by atoms with van der Waals surface area (Å²) in [4.78, 5) is 26.1. The van der Waals surface area contributed by atoms with Gasteiger partial charge in [-0.25, -0.2) is 4.98 Å². The molecule has 1 N–H and O–H groups in total. The van der Waals surface area contributed by atoms with E-state index in [1.807, 2.05) is 29.6 Å². The summed E-state index contributed by atoms with van der Waals surface area (Å²) in [5.74, 6) is -1.21. The Labute approximate surface area is 142 Å². The van der Waals surface area contributed by atoms with Crippen LogP contribution in [0.2, 0.25) is 0 Å². The minimum atomic E-state index is -0.703. The van der Waals surface area contributed by atoms with Crippen molar-refractivity contribution >= 4 is 44.2 Å². The third kappa shape index (κ3) is 3.46. The van der Waals surface area contributed by atoms with Gasteiger partial charge >= 0.3 is 5.88 Å². The molecule has 9 heteroatoms. The van der Waals surface area contributed by atoms with Crippen LogP contribution in [0, 0.1) is 10.1 Å². The summed E-state index contributed by atoms with van der Waals surface area (Å²) in [5, 5.41) is 15.3. The minimum Gasteiger partial charge on any atom is -0.395 e. The van der Waals surface area contributed by atoms with Crippen LogP contribution in [0.5, 0.6) is 0 Å². The summed E-state index contributed by atoms with van der Waals surface area (Å²) < 4.78 is 5.77. The van der Waals surface area contributed by atoms with E-state index in [0.717, 1.165) is 21.8 Å². The van der Waals surface area contributed by atoms with Gasteiger partial charge in [0.1, 0.15) is 4.92 Å². The number of nitrogens with one attached hydrogen (secondary N) is 1. The molecule has 1 aromatic carbocycles. The SMILES string of the molecule is O=C(Nc1nc(-c2cccc(Br)c2)cs1)c1ccc([N+](=O)[O-])o1. The molecule has 3 rings (SSSR count). The van der Waals surface area contributed by atoms with Crippen LogP contribution in [-0.2, 0) is 0 Å². The fourth-order valence-electron chi connectivity index (χ4n) is 1.82. The number of furan rings is 1. The molecule has 23 heavy (non-hydrogen) atoms. The molecule has 116 valence electrons. The van der Waals surface area contributed by atoms with E-state index in [1.165, 1.54) is 17.4 Å². The summed E-state index contributed by atoms with van der Waals surface area (Å²) in [5.41, 5.74) is 1.63. The second-order valence-corrected chi connectivity index (χ2v) is 6.17. The largest absolute Gasteiger partial charge is 0.433 e. The summed E-state index contributed by atoms with van der Waals surface area (Å²) in [6, 6.07) is 9.99. The fraction of sp³-hybridized carbons (Fsp3) is 0. The Hall–Kier alpha value is -2.52. The molecule has 2 aromatic heterocycles. The average molecular weight is 394 g/mol. The lowest BCUT2D eigenvalue weighted by molar-refractivity contribution is -0.402. The first kappa shape index (κ1) is 15.4. The van der Waals surface area contributed by atoms with Crippen LogP contribution in [0.3, 0.4) is 0 Å². The normalized spacial score (nSPS) is 10.5. The maximum atomic E-state index is 12.0. The zero-order chi connectivity index (χ0) is 16.4. The molecule has 0 aliphatic rings. The van der Waals surface area contributed by atoms with Crippen LogP contribution >= 0.6 is 27.3 Å². The number of hydrogen-bond donors (Lipinski definition) is 1. The van der Waals surface area contributed by atoms with Gasteiger partial charge in [-0.05, 0) is 18.2 Å². The molecule has 7 nitrogen and oxygen atoms in total. The van der Waals surface area contributed by atoms with Crippen molar-refractivity contribution in [3.63, 3.8) is 0 Å². The van der Waals surface area contributed by atoms with Gasteiger partial charge in [-0.2, -0.15) is 0 Å². The van der Waals surface area contributed by atoms with E-state index in [0.29, 0.717) is 5.13 Å². The minimum absolute atomic E-state index is 0.143. The van der Waals surface area contributed by atoms with Gasteiger partial charge in [-0.15, -0.1) is 11.3 Å². The molecule has 0 fully saturated rings. The smallest absolute Gasteiger partial charge is 0.395 e. The predicted molar refractivity (Wildman–Crippen MR) is 88.6 cm³/mol. The average Bonchev–Trinajstić information content (AvgIpc) is 3.16. The van der Waals surface area contributed by atoms with Gasteiger partial charge in [-0.3, -0.25) is 20.2 Å². The van der Waals surface area contributed by atoms with Gasteiger partial charge in [0.2, 0.25) is 0 Å². The highest BCUT2D eigenvalue weighted by Crippen LogP contribution is 2.27. The lowest BCUT2D eigenvalue weighted by Crippen LogP contribution is -2.10. The third-order valence-electron chi connectivity index (χ3n) is 2.84. The predicted octanol–water partition coefficient (Wildman–Crippen LogP) is 4.33. The van der Waals surface area contributed by atoms with Crippen LogP contribution < -0.4 is 5.32 Å². The molecule has 0 atom stereocenters. The van der Waals surface area contributed by atoms with Crippen molar-refractivity contribution in [1.29, 1.82) is 0 Å². The van der Waals surface area contributed by atoms with E-state index in [-0.39, 0.29) is 5.76 Å². The van der Waals surface area contributed by atoms with E-state index in [1.54, 1.807) is 0 Å². The molecule has 2 heterocycles. The molecule has 0 aliphatic heterocycles. The molecule has 0 spiro atoms. The van der Waals surface area contributed by atoms with Gasteiger partial charge < -0.3 is 4.42 Å². The Kier molecular flexibility index (Phi) is 4.22. The van der Waals surface area contributed by atoms with Crippen molar-refractivity contribution in [2.24, 2.45) is 0 Å². The topological polar surface area (TPSA) is 98.3 Å². The Morgan fingerprint density at radius 2 is 2.17 bits per heavy atom. The maximum Gasteiger partial charge on any atom is 0.433 e. The Bertz CT molecular complexity index is 890. The molecule has 0 unspecified atom stereocenters. The van der Waals surface area contributed by atoms with E-state index >= 15 is 0 Å². The Morgan fingerprint density at radius 1 is 1.35 bits per heavy atom. The maximum absolute atomic E-state index is 12.0. The molecule has 0 radical (unpaired) electrons. The van der Waals surface area contributed by atoms with Gasteiger partial charge in [0.15, 0.2) is 10.9 Å².